The minimum absolute atomic E-state index is 0.227. The highest BCUT2D eigenvalue weighted by Gasteiger charge is 2.45. The number of carbonyl (C=O) groups excluding carboxylic acids is 1. The largest absolute Gasteiger partial charge is 0.379 e. The van der Waals surface area contributed by atoms with Crippen LogP contribution in [0.25, 0.3) is 0 Å². The molecule has 3 heterocycles. The molecular weight excluding hydrogens is 320 g/mol. The summed E-state index contributed by atoms with van der Waals surface area (Å²) in [4.78, 5) is 16.7. The Balaban J connectivity index is 1.43. The minimum atomic E-state index is -1.34. The van der Waals surface area contributed by atoms with Gasteiger partial charge in [-0.15, -0.1) is 0 Å². The average molecular weight is 342 g/mol. The molecule has 1 aromatic heterocycles. The van der Waals surface area contributed by atoms with Crippen molar-refractivity contribution in [2.45, 2.75) is 31.5 Å². The molecule has 3 N–H and O–H groups in total. The zero-order valence-corrected chi connectivity index (χ0v) is 14.0. The SMILES string of the molecule is Nc1onc2c1CN(C(=O)C1(O)CCN(Cc3ccccc3)C1)CC2. The number of carbonyl (C=O) groups is 1. The van der Waals surface area contributed by atoms with Gasteiger partial charge in [0.1, 0.15) is 0 Å². The topological polar surface area (TPSA) is 95.8 Å². The number of aliphatic hydroxyl groups is 1. The summed E-state index contributed by atoms with van der Waals surface area (Å²) in [6.45, 7) is 2.66. The van der Waals surface area contributed by atoms with Crippen LogP contribution in [0.15, 0.2) is 34.9 Å². The number of anilines is 1. The van der Waals surface area contributed by atoms with Crippen LogP contribution in [0.5, 0.6) is 0 Å². The molecular formula is C18H22N4O3. The number of amides is 1. The third-order valence-corrected chi connectivity index (χ3v) is 5.13. The summed E-state index contributed by atoms with van der Waals surface area (Å²) in [7, 11) is 0. The molecule has 1 amide bonds. The van der Waals surface area contributed by atoms with E-state index in [1.54, 1.807) is 4.90 Å². The van der Waals surface area contributed by atoms with Gasteiger partial charge in [-0.1, -0.05) is 35.5 Å². The second-order valence-corrected chi connectivity index (χ2v) is 6.93. The van der Waals surface area contributed by atoms with Gasteiger partial charge in [0, 0.05) is 32.6 Å². The van der Waals surface area contributed by atoms with E-state index < -0.39 is 5.60 Å². The molecule has 2 aliphatic rings. The number of likely N-dealkylation sites (tertiary alicyclic amines) is 1. The highest BCUT2D eigenvalue weighted by Crippen LogP contribution is 2.29. The van der Waals surface area contributed by atoms with Crippen molar-refractivity contribution in [3.63, 3.8) is 0 Å². The average Bonchev–Trinajstić information content (AvgIpc) is 3.19. The van der Waals surface area contributed by atoms with E-state index in [1.165, 1.54) is 5.56 Å². The Morgan fingerprint density at radius 3 is 2.92 bits per heavy atom. The van der Waals surface area contributed by atoms with Gasteiger partial charge in [0.15, 0.2) is 5.60 Å². The van der Waals surface area contributed by atoms with Gasteiger partial charge in [0.05, 0.1) is 17.8 Å². The van der Waals surface area contributed by atoms with Crippen LogP contribution in [0.4, 0.5) is 5.88 Å². The fraction of sp³-hybridized carbons (Fsp3) is 0.444. The molecule has 2 aliphatic heterocycles. The van der Waals surface area contributed by atoms with Gasteiger partial charge >= 0.3 is 0 Å². The van der Waals surface area contributed by atoms with E-state index >= 15 is 0 Å². The number of rotatable bonds is 3. The molecule has 2 aromatic rings. The Bertz CT molecular complexity index is 776. The summed E-state index contributed by atoms with van der Waals surface area (Å²) < 4.78 is 5.00. The molecule has 7 nitrogen and oxygen atoms in total. The lowest BCUT2D eigenvalue weighted by Crippen LogP contribution is -2.51. The number of β-amino-alcohol motifs (C(OH)–C–C–N with tert-alkyl or cyclic N) is 1. The summed E-state index contributed by atoms with van der Waals surface area (Å²) in [5.41, 5.74) is 7.20. The molecule has 0 saturated carbocycles. The molecule has 0 aliphatic carbocycles. The molecule has 132 valence electrons. The van der Waals surface area contributed by atoms with Crippen LogP contribution in [0.1, 0.15) is 23.2 Å². The maximum atomic E-state index is 12.9. The summed E-state index contributed by atoms with van der Waals surface area (Å²) in [6, 6.07) is 10.1. The molecule has 7 heteroatoms. The molecule has 25 heavy (non-hydrogen) atoms. The van der Waals surface area contributed by atoms with E-state index in [2.05, 4.69) is 22.2 Å². The first kappa shape index (κ1) is 16.1. The predicted molar refractivity (Wildman–Crippen MR) is 91.3 cm³/mol. The minimum Gasteiger partial charge on any atom is -0.379 e. The third-order valence-electron chi connectivity index (χ3n) is 5.13. The van der Waals surface area contributed by atoms with E-state index in [-0.39, 0.29) is 11.8 Å². The van der Waals surface area contributed by atoms with Gasteiger partial charge < -0.3 is 20.3 Å². The quantitative estimate of drug-likeness (QED) is 0.856. The van der Waals surface area contributed by atoms with Crippen molar-refractivity contribution in [2.75, 3.05) is 25.4 Å². The normalized spacial score (nSPS) is 23.6. The van der Waals surface area contributed by atoms with Crippen molar-refractivity contribution in [1.82, 2.24) is 15.0 Å². The van der Waals surface area contributed by atoms with Crippen molar-refractivity contribution in [2.24, 2.45) is 0 Å². The first-order valence-electron chi connectivity index (χ1n) is 8.56. The molecule has 1 aromatic carbocycles. The Kier molecular flexibility index (Phi) is 3.97. The van der Waals surface area contributed by atoms with Gasteiger partial charge in [-0.3, -0.25) is 9.69 Å². The zero-order chi connectivity index (χ0) is 17.4. The van der Waals surface area contributed by atoms with Crippen LogP contribution in [-0.2, 0) is 24.3 Å². The Morgan fingerprint density at radius 2 is 2.12 bits per heavy atom. The second kappa shape index (κ2) is 6.16. The van der Waals surface area contributed by atoms with Crippen molar-refractivity contribution in [3.8, 4) is 0 Å². The number of nitrogen functional groups attached to an aromatic ring is 1. The van der Waals surface area contributed by atoms with Crippen LogP contribution in [-0.4, -0.2) is 51.2 Å². The van der Waals surface area contributed by atoms with Gasteiger partial charge in [0.25, 0.3) is 5.91 Å². The predicted octanol–water partition coefficient (Wildman–Crippen LogP) is 0.778. The standard InChI is InChI=1S/C18H22N4O3/c19-16-14-11-22(8-6-15(14)20-25-16)17(23)18(24)7-9-21(12-18)10-13-4-2-1-3-5-13/h1-5,24H,6-12,19H2. The monoisotopic (exact) mass is 342 g/mol. The maximum absolute atomic E-state index is 12.9. The number of aromatic nitrogens is 1. The molecule has 4 rings (SSSR count). The van der Waals surface area contributed by atoms with Crippen molar-refractivity contribution < 1.29 is 14.4 Å². The number of hydrogen-bond acceptors (Lipinski definition) is 6. The van der Waals surface area contributed by atoms with Crippen LogP contribution in [0.2, 0.25) is 0 Å². The molecule has 1 saturated heterocycles. The number of nitrogens with zero attached hydrogens (tertiary/aromatic N) is 3. The van der Waals surface area contributed by atoms with Crippen molar-refractivity contribution in [3.05, 3.63) is 47.2 Å². The summed E-state index contributed by atoms with van der Waals surface area (Å²) in [5.74, 6) is 0.0333. The molecule has 1 fully saturated rings. The number of benzene rings is 1. The lowest BCUT2D eigenvalue weighted by Gasteiger charge is -2.32. The lowest BCUT2D eigenvalue weighted by molar-refractivity contribution is -0.151. The third kappa shape index (κ3) is 3.01. The first-order valence-corrected chi connectivity index (χ1v) is 8.56. The summed E-state index contributed by atoms with van der Waals surface area (Å²) in [6.07, 6.45) is 1.05. The second-order valence-electron chi connectivity index (χ2n) is 6.93. The summed E-state index contributed by atoms with van der Waals surface area (Å²) in [5, 5.41) is 14.8. The van der Waals surface area contributed by atoms with Crippen LogP contribution in [0, 0.1) is 0 Å². The van der Waals surface area contributed by atoms with Gasteiger partial charge in [0.2, 0.25) is 5.88 Å². The molecule has 1 unspecified atom stereocenters. The van der Waals surface area contributed by atoms with E-state index in [0.29, 0.717) is 39.0 Å². The summed E-state index contributed by atoms with van der Waals surface area (Å²) >= 11 is 0. The zero-order valence-electron chi connectivity index (χ0n) is 14.0. The van der Waals surface area contributed by atoms with E-state index in [4.69, 9.17) is 10.3 Å². The highest BCUT2D eigenvalue weighted by atomic mass is 16.5. The molecule has 0 radical (unpaired) electrons. The fourth-order valence-electron chi connectivity index (χ4n) is 3.72. The van der Waals surface area contributed by atoms with Crippen LogP contribution in [0.3, 0.4) is 0 Å². The van der Waals surface area contributed by atoms with Gasteiger partial charge in [-0.2, -0.15) is 0 Å². The lowest BCUT2D eigenvalue weighted by atomic mass is 9.99. The molecule has 0 bridgehead atoms. The van der Waals surface area contributed by atoms with Crippen molar-refractivity contribution >= 4 is 11.8 Å². The maximum Gasteiger partial charge on any atom is 0.256 e. The van der Waals surface area contributed by atoms with Gasteiger partial charge in [-0.25, -0.2) is 0 Å². The van der Waals surface area contributed by atoms with E-state index in [1.807, 2.05) is 18.2 Å². The van der Waals surface area contributed by atoms with E-state index in [9.17, 15) is 9.90 Å². The Hall–Kier alpha value is -2.38. The highest BCUT2D eigenvalue weighted by molar-refractivity contribution is 5.86. The van der Waals surface area contributed by atoms with E-state index in [0.717, 1.165) is 17.8 Å². The smallest absolute Gasteiger partial charge is 0.256 e. The number of hydrogen-bond donors (Lipinski definition) is 2. The number of fused-ring (bicyclic) bond motifs is 1. The molecule has 1 atom stereocenters. The first-order chi connectivity index (χ1) is 12.0. The fourth-order valence-corrected chi connectivity index (χ4v) is 3.72. The Labute approximate surface area is 146 Å². The number of nitrogens with two attached hydrogens (primary N) is 1. The molecule has 0 spiro atoms. The van der Waals surface area contributed by atoms with Gasteiger partial charge in [-0.05, 0) is 12.0 Å². The van der Waals surface area contributed by atoms with Crippen molar-refractivity contribution in [1.29, 1.82) is 0 Å². The van der Waals surface area contributed by atoms with Crippen LogP contribution < -0.4 is 5.73 Å². The van der Waals surface area contributed by atoms with Crippen LogP contribution >= 0.6 is 0 Å². The Morgan fingerprint density at radius 1 is 1.32 bits per heavy atom.